The summed E-state index contributed by atoms with van der Waals surface area (Å²) in [6, 6.07) is 24.5. The number of carbonyl (C=O) groups is 1. The van der Waals surface area contributed by atoms with Crippen LogP contribution in [-0.2, 0) is 6.42 Å². The van der Waals surface area contributed by atoms with Crippen molar-refractivity contribution in [3.8, 4) is 34.1 Å². The van der Waals surface area contributed by atoms with Crippen LogP contribution in [0.3, 0.4) is 0 Å². The average molecular weight is 558 g/mol. The zero-order valence-corrected chi connectivity index (χ0v) is 24.5. The van der Waals surface area contributed by atoms with E-state index in [4.69, 9.17) is 15.0 Å². The molecule has 0 aliphatic rings. The van der Waals surface area contributed by atoms with Crippen LogP contribution < -0.4 is 4.74 Å². The molecule has 0 fully saturated rings. The third kappa shape index (κ3) is 5.75. The maximum atomic E-state index is 13.1. The number of nitrogens with one attached hydrogen (secondary N) is 1. The van der Waals surface area contributed by atoms with Crippen molar-refractivity contribution in [2.24, 2.45) is 0 Å². The molecule has 212 valence electrons. The van der Waals surface area contributed by atoms with Crippen LogP contribution in [0.2, 0.25) is 0 Å². The highest BCUT2D eigenvalue weighted by Gasteiger charge is 2.27. The third-order valence-electron chi connectivity index (χ3n) is 7.97. The Bertz CT molecular complexity index is 1700. The van der Waals surface area contributed by atoms with E-state index < -0.39 is 0 Å². The van der Waals surface area contributed by atoms with Crippen LogP contribution >= 0.6 is 0 Å². The lowest BCUT2D eigenvalue weighted by Crippen LogP contribution is -2.45. The van der Waals surface area contributed by atoms with Gasteiger partial charge in [-0.1, -0.05) is 55.5 Å². The number of aryl methyl sites for hydroxylation is 1. The van der Waals surface area contributed by atoms with Gasteiger partial charge in [-0.2, -0.15) is 5.26 Å². The highest BCUT2D eigenvalue weighted by Crippen LogP contribution is 2.39. The molecule has 2 atom stereocenters. The first-order valence-electron chi connectivity index (χ1n) is 14.3. The van der Waals surface area contributed by atoms with Gasteiger partial charge in [0.15, 0.2) is 5.82 Å². The molecule has 1 N–H and O–H groups in total. The number of rotatable bonds is 10. The van der Waals surface area contributed by atoms with Crippen molar-refractivity contribution in [2.45, 2.75) is 52.1 Å². The highest BCUT2D eigenvalue weighted by molar-refractivity contribution is 6.00. The standard InChI is InChI=1S/C35H35N5O2/c1-5-23(2)40(35(41)34-37-19-20-38-34)24(3)9-10-25-11-15-28(16-12-25)31-22-39-32-29(7-6-8-30(32)33(31)42-4)27-17-13-26(21-36)14-18-27/h6-8,11-20,22-24H,5,9-10H2,1-4H3,(H,37,38). The van der Waals surface area contributed by atoms with Gasteiger partial charge >= 0.3 is 0 Å². The van der Waals surface area contributed by atoms with Crippen LogP contribution in [-0.4, -0.2) is 45.0 Å². The Balaban J connectivity index is 1.36. The van der Waals surface area contributed by atoms with Crippen molar-refractivity contribution in [1.29, 1.82) is 5.26 Å². The lowest BCUT2D eigenvalue weighted by atomic mass is 9.97. The van der Waals surface area contributed by atoms with E-state index in [1.807, 2.05) is 53.6 Å². The number of para-hydroxylation sites is 1. The summed E-state index contributed by atoms with van der Waals surface area (Å²) in [4.78, 5) is 27.1. The van der Waals surface area contributed by atoms with Crippen molar-refractivity contribution in [1.82, 2.24) is 19.9 Å². The van der Waals surface area contributed by atoms with Crippen LogP contribution in [0.5, 0.6) is 5.75 Å². The van der Waals surface area contributed by atoms with Crippen molar-refractivity contribution in [3.05, 3.63) is 102 Å². The number of aromatic amines is 1. The molecule has 1 amide bonds. The van der Waals surface area contributed by atoms with E-state index >= 15 is 0 Å². The summed E-state index contributed by atoms with van der Waals surface area (Å²) in [5.74, 6) is 1.10. The number of carbonyl (C=O) groups excluding carboxylic acids is 1. The number of fused-ring (bicyclic) bond motifs is 1. The second-order valence-electron chi connectivity index (χ2n) is 10.6. The Morgan fingerprint density at radius 1 is 0.976 bits per heavy atom. The number of imidazole rings is 1. The van der Waals surface area contributed by atoms with Gasteiger partial charge in [0, 0.05) is 47.2 Å². The molecule has 7 heteroatoms. The van der Waals surface area contributed by atoms with Gasteiger partial charge < -0.3 is 14.6 Å². The number of aromatic nitrogens is 3. The lowest BCUT2D eigenvalue weighted by molar-refractivity contribution is 0.0581. The zero-order valence-electron chi connectivity index (χ0n) is 24.5. The van der Waals surface area contributed by atoms with Crippen LogP contribution in [0.4, 0.5) is 0 Å². The number of nitrogens with zero attached hydrogens (tertiary/aromatic N) is 4. The fourth-order valence-electron chi connectivity index (χ4n) is 5.48. The molecule has 0 bridgehead atoms. The number of nitriles is 1. The normalized spacial score (nSPS) is 12.5. The molecule has 3 aromatic carbocycles. The smallest absolute Gasteiger partial charge is 0.290 e. The number of pyridine rings is 1. The predicted molar refractivity (Wildman–Crippen MR) is 166 cm³/mol. The van der Waals surface area contributed by atoms with E-state index in [1.165, 1.54) is 5.56 Å². The SMILES string of the molecule is CCC(C)N(C(=O)c1ncc[nH]1)C(C)CCc1ccc(-c2cnc3c(-c4ccc(C#N)cc4)cccc3c2OC)cc1. The summed E-state index contributed by atoms with van der Waals surface area (Å²) in [5.41, 5.74) is 6.62. The topological polar surface area (TPSA) is 94.9 Å². The third-order valence-corrected chi connectivity index (χ3v) is 7.97. The number of benzene rings is 3. The number of H-pyrrole nitrogens is 1. The van der Waals surface area contributed by atoms with Gasteiger partial charge in [0.1, 0.15) is 5.75 Å². The first kappa shape index (κ1) is 28.6. The average Bonchev–Trinajstić information content (AvgIpc) is 3.58. The Hall–Kier alpha value is -4.96. The minimum absolute atomic E-state index is 0.0598. The second kappa shape index (κ2) is 12.7. The summed E-state index contributed by atoms with van der Waals surface area (Å²) in [7, 11) is 1.69. The van der Waals surface area contributed by atoms with Crippen LogP contribution in [0.15, 0.2) is 85.3 Å². The van der Waals surface area contributed by atoms with Crippen molar-refractivity contribution >= 4 is 16.8 Å². The first-order chi connectivity index (χ1) is 20.4. The summed E-state index contributed by atoms with van der Waals surface area (Å²) in [5, 5.41) is 10.1. The van der Waals surface area contributed by atoms with Gasteiger partial charge in [-0.05, 0) is 68.0 Å². The van der Waals surface area contributed by atoms with Gasteiger partial charge in [-0.3, -0.25) is 9.78 Å². The van der Waals surface area contributed by atoms with E-state index in [0.29, 0.717) is 11.4 Å². The molecule has 2 aromatic heterocycles. The van der Waals surface area contributed by atoms with Gasteiger partial charge in [0.05, 0.1) is 24.3 Å². The fraction of sp³-hybridized carbons (Fsp3) is 0.257. The molecule has 2 unspecified atom stereocenters. The van der Waals surface area contributed by atoms with Gasteiger partial charge in [-0.15, -0.1) is 0 Å². The number of amides is 1. The number of methoxy groups -OCH3 is 1. The molecule has 0 spiro atoms. The molecule has 0 radical (unpaired) electrons. The first-order valence-corrected chi connectivity index (χ1v) is 14.3. The molecule has 0 aliphatic carbocycles. The van der Waals surface area contributed by atoms with Gasteiger partial charge in [0.2, 0.25) is 0 Å². The van der Waals surface area contributed by atoms with Crippen LogP contribution in [0.1, 0.15) is 55.4 Å². The molecule has 5 aromatic rings. The van der Waals surface area contributed by atoms with Gasteiger partial charge in [0.25, 0.3) is 5.91 Å². The maximum absolute atomic E-state index is 13.1. The van der Waals surface area contributed by atoms with E-state index in [9.17, 15) is 4.79 Å². The maximum Gasteiger partial charge on any atom is 0.290 e. The molecular formula is C35H35N5O2. The van der Waals surface area contributed by atoms with Crippen molar-refractivity contribution in [2.75, 3.05) is 7.11 Å². The molecule has 5 rings (SSSR count). The highest BCUT2D eigenvalue weighted by atomic mass is 16.5. The predicted octanol–water partition coefficient (Wildman–Crippen LogP) is 7.43. The zero-order chi connectivity index (χ0) is 29.6. The van der Waals surface area contributed by atoms with Gasteiger partial charge in [-0.25, -0.2) is 4.98 Å². The van der Waals surface area contributed by atoms with Crippen molar-refractivity contribution < 1.29 is 9.53 Å². The number of ether oxygens (including phenoxy) is 1. The summed E-state index contributed by atoms with van der Waals surface area (Å²) >= 11 is 0. The van der Waals surface area contributed by atoms with Crippen LogP contribution in [0, 0.1) is 11.3 Å². The Morgan fingerprint density at radius 3 is 2.33 bits per heavy atom. The van der Waals surface area contributed by atoms with E-state index in [2.05, 4.69) is 61.1 Å². The van der Waals surface area contributed by atoms with E-state index in [0.717, 1.165) is 58.2 Å². The summed E-state index contributed by atoms with van der Waals surface area (Å²) in [6.07, 6.45) is 7.74. The van der Waals surface area contributed by atoms with E-state index in [-0.39, 0.29) is 18.0 Å². The lowest BCUT2D eigenvalue weighted by Gasteiger charge is -2.34. The quantitative estimate of drug-likeness (QED) is 0.193. The summed E-state index contributed by atoms with van der Waals surface area (Å²) in [6.45, 7) is 6.30. The molecule has 0 aliphatic heterocycles. The Labute approximate surface area is 246 Å². The van der Waals surface area contributed by atoms with Crippen molar-refractivity contribution in [3.63, 3.8) is 0 Å². The molecule has 0 saturated carbocycles. The van der Waals surface area contributed by atoms with E-state index in [1.54, 1.807) is 19.5 Å². The molecule has 0 saturated heterocycles. The molecule has 42 heavy (non-hydrogen) atoms. The minimum Gasteiger partial charge on any atom is -0.495 e. The molecular weight excluding hydrogens is 522 g/mol. The Morgan fingerprint density at radius 2 is 1.69 bits per heavy atom. The molecule has 2 heterocycles. The Kier molecular flexibility index (Phi) is 8.63. The number of hydrogen-bond acceptors (Lipinski definition) is 5. The monoisotopic (exact) mass is 557 g/mol. The molecule has 7 nitrogen and oxygen atoms in total. The second-order valence-corrected chi connectivity index (χ2v) is 10.6. The largest absolute Gasteiger partial charge is 0.495 e. The number of hydrogen-bond donors (Lipinski definition) is 1. The minimum atomic E-state index is -0.0598. The fourth-order valence-corrected chi connectivity index (χ4v) is 5.48. The summed E-state index contributed by atoms with van der Waals surface area (Å²) < 4.78 is 5.93. The van der Waals surface area contributed by atoms with Crippen LogP contribution in [0.25, 0.3) is 33.2 Å².